The fourth-order valence-corrected chi connectivity index (χ4v) is 3.86. The van der Waals surface area contributed by atoms with Gasteiger partial charge in [-0.15, -0.1) is 11.3 Å². The maximum atomic E-state index is 3.68. The molecule has 0 bridgehead atoms. The lowest BCUT2D eigenvalue weighted by molar-refractivity contribution is 0.532. The van der Waals surface area contributed by atoms with Crippen LogP contribution in [0.5, 0.6) is 0 Å². The number of hydrogen-bond donors (Lipinski definition) is 1. The summed E-state index contributed by atoms with van der Waals surface area (Å²) in [6, 6.07) is 11.3. The third-order valence-corrected chi connectivity index (χ3v) is 5.46. The molecule has 1 unspecified atom stereocenters. The first kappa shape index (κ1) is 16.5. The maximum absolute atomic E-state index is 3.68. The summed E-state index contributed by atoms with van der Waals surface area (Å²) < 4.78 is 1.22. The Bertz CT molecular complexity index is 565. The summed E-state index contributed by atoms with van der Waals surface area (Å²) in [5.74, 6) is 0. The van der Waals surface area contributed by atoms with Gasteiger partial charge < -0.3 is 10.2 Å². The first-order valence-corrected chi connectivity index (χ1v) is 9.01. The van der Waals surface area contributed by atoms with Gasteiger partial charge in [0.15, 0.2) is 0 Å². The standard InChI is InChI=1S/C17H23BrN2S/c1-4-9-19-16(12-17-15(18)8-10-21-17)13-6-5-7-14(11-13)20(2)3/h5-8,10-11,16,19H,4,9,12H2,1-3H3. The van der Waals surface area contributed by atoms with Crippen molar-refractivity contribution in [1.29, 1.82) is 0 Å². The second-order valence-corrected chi connectivity index (χ2v) is 7.25. The van der Waals surface area contributed by atoms with Gasteiger partial charge in [0.05, 0.1) is 0 Å². The van der Waals surface area contributed by atoms with E-state index in [1.165, 1.54) is 20.6 Å². The lowest BCUT2D eigenvalue weighted by atomic mass is 10.0. The topological polar surface area (TPSA) is 15.3 Å². The smallest absolute Gasteiger partial charge is 0.0369 e. The van der Waals surface area contributed by atoms with Gasteiger partial charge in [0.25, 0.3) is 0 Å². The van der Waals surface area contributed by atoms with E-state index in [9.17, 15) is 0 Å². The highest BCUT2D eigenvalue weighted by atomic mass is 79.9. The van der Waals surface area contributed by atoms with Crippen molar-refractivity contribution in [3.8, 4) is 0 Å². The summed E-state index contributed by atoms with van der Waals surface area (Å²) in [6.45, 7) is 3.25. The molecular weight excluding hydrogens is 344 g/mol. The minimum atomic E-state index is 0.361. The van der Waals surface area contributed by atoms with Crippen LogP contribution in [0.4, 0.5) is 5.69 Å². The average Bonchev–Trinajstić information content (AvgIpc) is 2.88. The Morgan fingerprint density at radius 2 is 2.10 bits per heavy atom. The normalized spacial score (nSPS) is 12.4. The molecule has 4 heteroatoms. The molecular formula is C17H23BrN2S. The van der Waals surface area contributed by atoms with Crippen LogP contribution in [0, 0.1) is 0 Å². The highest BCUT2D eigenvalue weighted by molar-refractivity contribution is 9.10. The Hall–Kier alpha value is -0.840. The molecule has 0 aliphatic rings. The molecule has 2 rings (SSSR count). The lowest BCUT2D eigenvalue weighted by Crippen LogP contribution is -2.24. The van der Waals surface area contributed by atoms with Crippen molar-refractivity contribution in [3.05, 3.63) is 50.6 Å². The summed E-state index contributed by atoms with van der Waals surface area (Å²) in [4.78, 5) is 3.56. The van der Waals surface area contributed by atoms with E-state index in [-0.39, 0.29) is 0 Å². The molecule has 0 aliphatic carbocycles. The zero-order chi connectivity index (χ0) is 15.2. The Balaban J connectivity index is 2.22. The molecule has 0 saturated carbocycles. The van der Waals surface area contributed by atoms with Crippen LogP contribution < -0.4 is 10.2 Å². The molecule has 1 aromatic heterocycles. The highest BCUT2D eigenvalue weighted by Crippen LogP contribution is 2.29. The third-order valence-electron chi connectivity index (χ3n) is 3.51. The molecule has 2 aromatic rings. The molecule has 0 aliphatic heterocycles. The van der Waals surface area contributed by atoms with Crippen LogP contribution in [0.3, 0.4) is 0 Å². The molecule has 21 heavy (non-hydrogen) atoms. The lowest BCUT2D eigenvalue weighted by Gasteiger charge is -2.21. The minimum absolute atomic E-state index is 0.361. The van der Waals surface area contributed by atoms with E-state index >= 15 is 0 Å². The quantitative estimate of drug-likeness (QED) is 0.752. The van der Waals surface area contributed by atoms with Gasteiger partial charge in [0.2, 0.25) is 0 Å². The molecule has 0 radical (unpaired) electrons. The number of nitrogens with zero attached hydrogens (tertiary/aromatic N) is 1. The second-order valence-electron chi connectivity index (χ2n) is 5.39. The Kier molecular flexibility index (Phi) is 6.27. The van der Waals surface area contributed by atoms with Gasteiger partial charge in [-0.25, -0.2) is 0 Å². The zero-order valence-electron chi connectivity index (χ0n) is 12.9. The molecule has 1 N–H and O–H groups in total. The number of thiophene rings is 1. The first-order valence-electron chi connectivity index (χ1n) is 7.34. The molecule has 114 valence electrons. The molecule has 0 saturated heterocycles. The Labute approximate surface area is 140 Å². The number of benzene rings is 1. The van der Waals surface area contributed by atoms with E-state index in [0.29, 0.717) is 6.04 Å². The number of hydrogen-bond acceptors (Lipinski definition) is 3. The van der Waals surface area contributed by atoms with Gasteiger partial charge >= 0.3 is 0 Å². The predicted molar refractivity (Wildman–Crippen MR) is 97.5 cm³/mol. The van der Waals surface area contributed by atoms with Crippen molar-refractivity contribution >= 4 is 33.0 Å². The van der Waals surface area contributed by atoms with E-state index in [1.54, 1.807) is 0 Å². The van der Waals surface area contributed by atoms with Crippen molar-refractivity contribution in [2.75, 3.05) is 25.5 Å². The van der Waals surface area contributed by atoms with Gasteiger partial charge in [0, 0.05) is 41.6 Å². The van der Waals surface area contributed by atoms with Crippen LogP contribution in [-0.4, -0.2) is 20.6 Å². The van der Waals surface area contributed by atoms with Gasteiger partial charge in [-0.2, -0.15) is 0 Å². The molecule has 1 heterocycles. The predicted octanol–water partition coefficient (Wildman–Crippen LogP) is 4.86. The van der Waals surface area contributed by atoms with Gasteiger partial charge in [-0.1, -0.05) is 19.1 Å². The first-order chi connectivity index (χ1) is 10.1. The average molecular weight is 367 g/mol. The maximum Gasteiger partial charge on any atom is 0.0369 e. The summed E-state index contributed by atoms with van der Waals surface area (Å²) in [7, 11) is 4.17. The van der Waals surface area contributed by atoms with Crippen molar-refractivity contribution < 1.29 is 0 Å². The van der Waals surface area contributed by atoms with E-state index in [2.05, 4.69) is 82.9 Å². The molecule has 0 spiro atoms. The van der Waals surface area contributed by atoms with E-state index < -0.39 is 0 Å². The molecule has 1 atom stereocenters. The summed E-state index contributed by atoms with van der Waals surface area (Å²) in [5, 5.41) is 5.83. The van der Waals surface area contributed by atoms with Gasteiger partial charge in [-0.05, 0) is 58.0 Å². The largest absolute Gasteiger partial charge is 0.378 e. The van der Waals surface area contributed by atoms with Crippen LogP contribution in [0.25, 0.3) is 0 Å². The van der Waals surface area contributed by atoms with E-state index in [4.69, 9.17) is 0 Å². The summed E-state index contributed by atoms with van der Waals surface area (Å²) in [6.07, 6.45) is 2.17. The van der Waals surface area contributed by atoms with Crippen molar-refractivity contribution in [3.63, 3.8) is 0 Å². The van der Waals surface area contributed by atoms with Crippen LogP contribution in [-0.2, 0) is 6.42 Å². The van der Waals surface area contributed by atoms with Crippen molar-refractivity contribution in [1.82, 2.24) is 5.32 Å². The number of anilines is 1. The van der Waals surface area contributed by atoms with Crippen LogP contribution >= 0.6 is 27.3 Å². The number of halogens is 1. The summed E-state index contributed by atoms with van der Waals surface area (Å²) >= 11 is 5.47. The SMILES string of the molecule is CCCNC(Cc1sccc1Br)c1cccc(N(C)C)c1. The summed E-state index contributed by atoms with van der Waals surface area (Å²) in [5.41, 5.74) is 2.61. The molecule has 0 amide bonds. The molecule has 1 aromatic carbocycles. The molecule has 0 fully saturated rings. The highest BCUT2D eigenvalue weighted by Gasteiger charge is 2.15. The zero-order valence-corrected chi connectivity index (χ0v) is 15.3. The Morgan fingerprint density at radius 1 is 1.29 bits per heavy atom. The van der Waals surface area contributed by atoms with Crippen LogP contribution in [0.15, 0.2) is 40.2 Å². The fourth-order valence-electron chi connectivity index (χ4n) is 2.30. The van der Waals surface area contributed by atoms with Crippen LogP contribution in [0.1, 0.15) is 29.8 Å². The number of rotatable bonds is 7. The van der Waals surface area contributed by atoms with Crippen LogP contribution in [0.2, 0.25) is 0 Å². The second kappa shape index (κ2) is 7.97. The van der Waals surface area contributed by atoms with E-state index in [1.807, 2.05) is 11.3 Å². The van der Waals surface area contributed by atoms with Gasteiger partial charge in [0.1, 0.15) is 0 Å². The molecule has 2 nitrogen and oxygen atoms in total. The van der Waals surface area contributed by atoms with Gasteiger partial charge in [-0.3, -0.25) is 0 Å². The monoisotopic (exact) mass is 366 g/mol. The minimum Gasteiger partial charge on any atom is -0.378 e. The van der Waals surface area contributed by atoms with Crippen molar-refractivity contribution in [2.24, 2.45) is 0 Å². The Morgan fingerprint density at radius 3 is 2.71 bits per heavy atom. The fraction of sp³-hybridized carbons (Fsp3) is 0.412. The third kappa shape index (κ3) is 4.56. The number of nitrogens with one attached hydrogen (secondary N) is 1. The van der Waals surface area contributed by atoms with Crippen molar-refractivity contribution in [2.45, 2.75) is 25.8 Å². The van der Waals surface area contributed by atoms with E-state index in [0.717, 1.165) is 19.4 Å².